The Morgan fingerprint density at radius 1 is 1.05 bits per heavy atom. The van der Waals surface area contributed by atoms with Crippen molar-refractivity contribution in [1.82, 2.24) is 5.43 Å². The SMILES string of the molecule is NNC(CCCc1ccccc1)COc1ccc(Cl)cc1. The van der Waals surface area contributed by atoms with E-state index < -0.39 is 0 Å². The van der Waals surface area contributed by atoms with Crippen LogP contribution in [0.2, 0.25) is 5.02 Å². The van der Waals surface area contributed by atoms with Gasteiger partial charge in [-0.3, -0.25) is 11.3 Å². The molecule has 21 heavy (non-hydrogen) atoms. The molecular formula is C17H21ClN2O. The topological polar surface area (TPSA) is 47.3 Å². The van der Waals surface area contributed by atoms with Crippen molar-refractivity contribution in [1.29, 1.82) is 0 Å². The van der Waals surface area contributed by atoms with Crippen LogP contribution in [-0.4, -0.2) is 12.6 Å². The summed E-state index contributed by atoms with van der Waals surface area (Å²) in [5, 5.41) is 0.707. The normalized spacial score (nSPS) is 12.1. The number of hydrogen-bond donors (Lipinski definition) is 2. The highest BCUT2D eigenvalue weighted by Crippen LogP contribution is 2.16. The fourth-order valence-electron chi connectivity index (χ4n) is 2.14. The summed E-state index contributed by atoms with van der Waals surface area (Å²) in [5.74, 6) is 6.40. The van der Waals surface area contributed by atoms with Crippen LogP contribution in [0.25, 0.3) is 0 Å². The summed E-state index contributed by atoms with van der Waals surface area (Å²) >= 11 is 5.84. The summed E-state index contributed by atoms with van der Waals surface area (Å²) < 4.78 is 5.72. The second-order valence-electron chi connectivity index (χ2n) is 5.01. The van der Waals surface area contributed by atoms with Gasteiger partial charge in [-0.25, -0.2) is 0 Å². The standard InChI is InChI=1S/C17H21ClN2O/c18-15-9-11-17(12-10-15)21-13-16(20-19)8-4-7-14-5-2-1-3-6-14/h1-3,5-6,9-12,16,20H,4,7-8,13,19H2. The average molecular weight is 305 g/mol. The number of hydrazine groups is 1. The van der Waals surface area contributed by atoms with Crippen molar-refractivity contribution < 1.29 is 4.74 Å². The largest absolute Gasteiger partial charge is 0.492 e. The third-order valence-electron chi connectivity index (χ3n) is 3.36. The Balaban J connectivity index is 1.71. The molecule has 0 aliphatic carbocycles. The minimum Gasteiger partial charge on any atom is -0.492 e. The van der Waals surface area contributed by atoms with Gasteiger partial charge in [0.25, 0.3) is 0 Å². The molecule has 1 atom stereocenters. The lowest BCUT2D eigenvalue weighted by molar-refractivity contribution is 0.255. The zero-order valence-corrected chi connectivity index (χ0v) is 12.7. The van der Waals surface area contributed by atoms with Gasteiger partial charge in [0.15, 0.2) is 0 Å². The van der Waals surface area contributed by atoms with E-state index in [0.717, 1.165) is 25.0 Å². The van der Waals surface area contributed by atoms with Gasteiger partial charge in [-0.15, -0.1) is 0 Å². The van der Waals surface area contributed by atoms with E-state index in [0.29, 0.717) is 11.6 Å². The van der Waals surface area contributed by atoms with Crippen molar-refractivity contribution in [3.8, 4) is 5.75 Å². The maximum absolute atomic E-state index is 5.84. The first-order valence-corrected chi connectivity index (χ1v) is 7.54. The molecule has 0 radical (unpaired) electrons. The molecule has 2 aromatic rings. The molecule has 112 valence electrons. The number of nitrogens with one attached hydrogen (secondary N) is 1. The van der Waals surface area contributed by atoms with E-state index in [-0.39, 0.29) is 6.04 Å². The molecule has 0 saturated heterocycles. The number of halogens is 1. The van der Waals surface area contributed by atoms with Gasteiger partial charge in [-0.05, 0) is 49.1 Å². The first kappa shape index (κ1) is 15.8. The minimum atomic E-state index is 0.143. The molecule has 0 saturated carbocycles. The number of benzene rings is 2. The Hall–Kier alpha value is -1.55. The van der Waals surface area contributed by atoms with E-state index >= 15 is 0 Å². The van der Waals surface area contributed by atoms with Crippen LogP contribution >= 0.6 is 11.6 Å². The fraction of sp³-hybridized carbons (Fsp3) is 0.294. The van der Waals surface area contributed by atoms with E-state index in [4.69, 9.17) is 22.2 Å². The zero-order valence-electron chi connectivity index (χ0n) is 12.0. The Morgan fingerprint density at radius 2 is 1.76 bits per heavy atom. The summed E-state index contributed by atoms with van der Waals surface area (Å²) in [5.41, 5.74) is 4.17. The number of rotatable bonds is 8. The quantitative estimate of drug-likeness (QED) is 0.579. The average Bonchev–Trinajstić information content (AvgIpc) is 2.53. The van der Waals surface area contributed by atoms with Crippen LogP contribution in [0.15, 0.2) is 54.6 Å². The van der Waals surface area contributed by atoms with Crippen LogP contribution in [-0.2, 0) is 6.42 Å². The van der Waals surface area contributed by atoms with Crippen molar-refractivity contribution in [3.63, 3.8) is 0 Å². The highest BCUT2D eigenvalue weighted by molar-refractivity contribution is 6.30. The molecule has 3 nitrogen and oxygen atoms in total. The van der Waals surface area contributed by atoms with E-state index in [1.54, 1.807) is 0 Å². The molecule has 0 aliphatic heterocycles. The smallest absolute Gasteiger partial charge is 0.119 e. The molecule has 0 bridgehead atoms. The number of aryl methyl sites for hydroxylation is 1. The van der Waals surface area contributed by atoms with Gasteiger partial charge in [0, 0.05) is 5.02 Å². The zero-order chi connectivity index (χ0) is 14.9. The van der Waals surface area contributed by atoms with Crippen molar-refractivity contribution in [2.24, 2.45) is 5.84 Å². The Bertz CT molecular complexity index is 516. The van der Waals surface area contributed by atoms with Crippen LogP contribution < -0.4 is 16.0 Å². The summed E-state index contributed by atoms with van der Waals surface area (Å²) in [7, 11) is 0. The minimum absolute atomic E-state index is 0.143. The van der Waals surface area contributed by atoms with Crippen molar-refractivity contribution in [2.75, 3.05) is 6.61 Å². The van der Waals surface area contributed by atoms with Gasteiger partial charge in [-0.1, -0.05) is 41.9 Å². The Labute approximate surface area is 131 Å². The molecule has 0 amide bonds. The first-order valence-electron chi connectivity index (χ1n) is 7.16. The van der Waals surface area contributed by atoms with Gasteiger partial charge in [-0.2, -0.15) is 0 Å². The number of ether oxygens (including phenoxy) is 1. The molecule has 0 aliphatic rings. The van der Waals surface area contributed by atoms with Gasteiger partial charge < -0.3 is 4.74 Å². The highest BCUT2D eigenvalue weighted by atomic mass is 35.5. The van der Waals surface area contributed by atoms with Crippen molar-refractivity contribution in [2.45, 2.75) is 25.3 Å². The van der Waals surface area contributed by atoms with Gasteiger partial charge >= 0.3 is 0 Å². The predicted molar refractivity (Wildman–Crippen MR) is 87.4 cm³/mol. The molecular weight excluding hydrogens is 284 g/mol. The maximum Gasteiger partial charge on any atom is 0.119 e. The number of hydrogen-bond acceptors (Lipinski definition) is 3. The van der Waals surface area contributed by atoms with Crippen LogP contribution in [0.4, 0.5) is 0 Å². The summed E-state index contributed by atoms with van der Waals surface area (Å²) in [4.78, 5) is 0. The van der Waals surface area contributed by atoms with E-state index in [1.165, 1.54) is 5.56 Å². The molecule has 4 heteroatoms. The second-order valence-corrected chi connectivity index (χ2v) is 5.44. The van der Waals surface area contributed by atoms with Crippen LogP contribution in [0.1, 0.15) is 18.4 Å². The molecule has 0 spiro atoms. The van der Waals surface area contributed by atoms with E-state index in [2.05, 4.69) is 29.7 Å². The van der Waals surface area contributed by atoms with Crippen LogP contribution in [0.3, 0.4) is 0 Å². The number of nitrogens with two attached hydrogens (primary N) is 1. The van der Waals surface area contributed by atoms with Crippen LogP contribution in [0, 0.1) is 0 Å². The van der Waals surface area contributed by atoms with Gasteiger partial charge in [0.05, 0.1) is 6.04 Å². The predicted octanol–water partition coefficient (Wildman–Crippen LogP) is 3.57. The second kappa shape index (κ2) is 8.67. The molecule has 3 N–H and O–H groups in total. The monoisotopic (exact) mass is 304 g/mol. The molecule has 0 aromatic heterocycles. The Kier molecular flexibility index (Phi) is 6.54. The maximum atomic E-state index is 5.84. The van der Waals surface area contributed by atoms with E-state index in [1.807, 2.05) is 30.3 Å². The lowest BCUT2D eigenvalue weighted by Gasteiger charge is -2.16. The molecule has 1 unspecified atom stereocenters. The van der Waals surface area contributed by atoms with Gasteiger partial charge in [0.2, 0.25) is 0 Å². The highest BCUT2D eigenvalue weighted by Gasteiger charge is 2.07. The van der Waals surface area contributed by atoms with Crippen LogP contribution in [0.5, 0.6) is 5.75 Å². The fourth-order valence-corrected chi connectivity index (χ4v) is 2.27. The summed E-state index contributed by atoms with van der Waals surface area (Å²) in [6.07, 6.45) is 3.10. The molecule has 0 fully saturated rings. The lowest BCUT2D eigenvalue weighted by Crippen LogP contribution is -2.39. The summed E-state index contributed by atoms with van der Waals surface area (Å²) in [6.45, 7) is 0.549. The summed E-state index contributed by atoms with van der Waals surface area (Å²) in [6, 6.07) is 18.0. The molecule has 2 rings (SSSR count). The van der Waals surface area contributed by atoms with E-state index in [9.17, 15) is 0 Å². The van der Waals surface area contributed by atoms with Crippen molar-refractivity contribution in [3.05, 3.63) is 65.2 Å². The third-order valence-corrected chi connectivity index (χ3v) is 3.61. The van der Waals surface area contributed by atoms with Gasteiger partial charge in [0.1, 0.15) is 12.4 Å². The first-order chi connectivity index (χ1) is 10.3. The Morgan fingerprint density at radius 3 is 2.43 bits per heavy atom. The lowest BCUT2D eigenvalue weighted by atomic mass is 10.1. The third kappa shape index (κ3) is 5.76. The molecule has 2 aromatic carbocycles. The van der Waals surface area contributed by atoms with Crippen molar-refractivity contribution >= 4 is 11.6 Å². The molecule has 0 heterocycles.